The molecule has 0 aromatic rings. The van der Waals surface area contributed by atoms with Crippen LogP contribution in [-0.2, 0) is 14.8 Å². The van der Waals surface area contributed by atoms with E-state index in [2.05, 4.69) is 15.0 Å². The maximum Gasteiger partial charge on any atom is 0.243 e. The van der Waals surface area contributed by atoms with Gasteiger partial charge in [0, 0.05) is 39.3 Å². The molecule has 28 heavy (non-hydrogen) atoms. The average molecular weight is 527 g/mol. The number of aliphatic imine (C=N–C) groups is 1. The normalized spacial score (nSPS) is 24.0. The van der Waals surface area contributed by atoms with E-state index in [1.54, 1.807) is 14.1 Å². The number of sulfonamides is 1. The lowest BCUT2D eigenvalue weighted by atomic mass is 10.1. The summed E-state index contributed by atoms with van der Waals surface area (Å²) < 4.78 is 28.6. The average Bonchev–Trinajstić information content (AvgIpc) is 3.32. The van der Waals surface area contributed by atoms with Gasteiger partial charge >= 0.3 is 0 Å². The Balaban J connectivity index is 0.00000280. The number of carbonyl (C=O) groups excluding carboxylic acids is 1. The summed E-state index contributed by atoms with van der Waals surface area (Å²) >= 11 is 0. The molecule has 0 aromatic heterocycles. The van der Waals surface area contributed by atoms with Gasteiger partial charge in [0.2, 0.25) is 15.9 Å². The van der Waals surface area contributed by atoms with Crippen LogP contribution in [0, 0.1) is 0 Å². The summed E-state index contributed by atoms with van der Waals surface area (Å²) in [6.07, 6.45) is 7.77. The second kappa shape index (κ2) is 10.4. The monoisotopic (exact) mass is 527 g/mol. The standard InChI is InChI=1S/C18H33N5O3S.HI/c1-22(2)17(24)12-19-18(20-14-9-10-14)23-11-5-8-16(13-23)27(25,26)21-15-6-3-4-7-15;/h14-16,21H,3-13H2,1-2H3,(H,19,20);1H. The van der Waals surface area contributed by atoms with Crippen molar-refractivity contribution in [3.63, 3.8) is 0 Å². The lowest BCUT2D eigenvalue weighted by Crippen LogP contribution is -2.53. The Bertz CT molecular complexity index is 660. The molecule has 0 aromatic carbocycles. The predicted molar refractivity (Wildman–Crippen MR) is 121 cm³/mol. The van der Waals surface area contributed by atoms with Crippen molar-refractivity contribution in [3.05, 3.63) is 0 Å². The summed E-state index contributed by atoms with van der Waals surface area (Å²) in [5.41, 5.74) is 0. The fraction of sp³-hybridized carbons (Fsp3) is 0.889. The third kappa shape index (κ3) is 6.72. The van der Waals surface area contributed by atoms with Crippen LogP contribution < -0.4 is 10.0 Å². The molecule has 1 heterocycles. The van der Waals surface area contributed by atoms with Gasteiger partial charge in [-0.3, -0.25) is 4.79 Å². The number of likely N-dealkylation sites (tertiary alicyclic amines) is 1. The number of piperidine rings is 1. The second-order valence-electron chi connectivity index (χ2n) is 8.20. The van der Waals surface area contributed by atoms with E-state index in [1.165, 1.54) is 4.90 Å². The van der Waals surface area contributed by atoms with Gasteiger partial charge in [-0.2, -0.15) is 0 Å². The number of hydrogen-bond acceptors (Lipinski definition) is 4. The Labute approximate surface area is 186 Å². The number of nitrogens with zero attached hydrogens (tertiary/aromatic N) is 3. The zero-order chi connectivity index (χ0) is 19.4. The van der Waals surface area contributed by atoms with E-state index in [0.717, 1.165) is 51.5 Å². The van der Waals surface area contributed by atoms with Crippen molar-refractivity contribution in [2.24, 2.45) is 4.99 Å². The van der Waals surface area contributed by atoms with Crippen molar-refractivity contribution >= 4 is 45.9 Å². The number of carbonyl (C=O) groups is 1. The first-order chi connectivity index (χ1) is 12.8. The molecule has 1 saturated heterocycles. The number of nitrogens with one attached hydrogen (secondary N) is 2. The van der Waals surface area contributed by atoms with Gasteiger partial charge in [0.1, 0.15) is 6.54 Å². The van der Waals surface area contributed by atoms with Gasteiger partial charge < -0.3 is 15.1 Å². The zero-order valence-electron chi connectivity index (χ0n) is 16.9. The van der Waals surface area contributed by atoms with Crippen molar-refractivity contribution in [3.8, 4) is 0 Å². The number of amides is 1. The van der Waals surface area contributed by atoms with Gasteiger partial charge in [-0.05, 0) is 38.5 Å². The van der Waals surface area contributed by atoms with Crippen LogP contribution in [0.2, 0.25) is 0 Å². The summed E-state index contributed by atoms with van der Waals surface area (Å²) in [6, 6.07) is 0.493. The number of likely N-dealkylation sites (N-methyl/N-ethyl adjacent to an activating group) is 1. The lowest BCUT2D eigenvalue weighted by Gasteiger charge is -2.35. The number of hydrogen-bond donors (Lipinski definition) is 2. The van der Waals surface area contributed by atoms with Crippen molar-refractivity contribution in [1.29, 1.82) is 0 Å². The Hall–Kier alpha value is -0.620. The summed E-state index contributed by atoms with van der Waals surface area (Å²) in [5, 5.41) is 2.96. The summed E-state index contributed by atoms with van der Waals surface area (Å²) in [4.78, 5) is 19.9. The Morgan fingerprint density at radius 2 is 1.75 bits per heavy atom. The van der Waals surface area contributed by atoms with Gasteiger partial charge in [0.05, 0.1) is 5.25 Å². The highest BCUT2D eigenvalue weighted by molar-refractivity contribution is 14.0. The first kappa shape index (κ1) is 23.7. The van der Waals surface area contributed by atoms with E-state index in [-0.39, 0.29) is 42.5 Å². The first-order valence-electron chi connectivity index (χ1n) is 10.1. The fourth-order valence-corrected chi connectivity index (χ4v) is 5.43. The van der Waals surface area contributed by atoms with Crippen LogP contribution in [-0.4, -0.2) is 81.1 Å². The highest BCUT2D eigenvalue weighted by Gasteiger charge is 2.35. The molecule has 3 aliphatic rings. The molecule has 2 N–H and O–H groups in total. The summed E-state index contributed by atoms with van der Waals surface area (Å²) in [5.74, 6) is 0.614. The molecule has 2 aliphatic carbocycles. The molecule has 162 valence electrons. The van der Waals surface area contributed by atoms with Crippen molar-refractivity contribution in [2.75, 3.05) is 33.7 Å². The molecular formula is C18H34IN5O3S. The quantitative estimate of drug-likeness (QED) is 0.307. The minimum absolute atomic E-state index is 0. The molecule has 8 nitrogen and oxygen atoms in total. The molecule has 0 spiro atoms. The van der Waals surface area contributed by atoms with Crippen LogP contribution in [0.1, 0.15) is 51.4 Å². The minimum atomic E-state index is -3.34. The van der Waals surface area contributed by atoms with E-state index in [1.807, 2.05) is 4.90 Å². The Morgan fingerprint density at radius 3 is 2.36 bits per heavy atom. The molecule has 1 unspecified atom stereocenters. The van der Waals surface area contributed by atoms with Crippen molar-refractivity contribution in [2.45, 2.75) is 68.7 Å². The van der Waals surface area contributed by atoms with Gasteiger partial charge in [-0.1, -0.05) is 12.8 Å². The highest BCUT2D eigenvalue weighted by Crippen LogP contribution is 2.23. The third-order valence-electron chi connectivity index (χ3n) is 5.58. The second-order valence-corrected chi connectivity index (χ2v) is 10.2. The fourth-order valence-electron chi connectivity index (χ4n) is 3.69. The molecule has 10 heteroatoms. The highest BCUT2D eigenvalue weighted by atomic mass is 127. The zero-order valence-corrected chi connectivity index (χ0v) is 20.0. The van der Waals surface area contributed by atoms with E-state index < -0.39 is 15.3 Å². The van der Waals surface area contributed by atoms with Crippen LogP contribution in [0.5, 0.6) is 0 Å². The largest absolute Gasteiger partial charge is 0.353 e. The van der Waals surface area contributed by atoms with Gasteiger partial charge in [-0.25, -0.2) is 18.1 Å². The molecule has 2 saturated carbocycles. The van der Waals surface area contributed by atoms with Gasteiger partial charge in [-0.15, -0.1) is 24.0 Å². The molecule has 1 aliphatic heterocycles. The topological polar surface area (TPSA) is 94.1 Å². The van der Waals surface area contributed by atoms with Crippen LogP contribution in [0.4, 0.5) is 0 Å². The molecule has 3 fully saturated rings. The molecule has 1 amide bonds. The van der Waals surface area contributed by atoms with Crippen LogP contribution in [0.25, 0.3) is 0 Å². The SMILES string of the molecule is CN(C)C(=O)CN=C(NC1CC1)N1CCCC(S(=O)(=O)NC2CCCC2)C1.I. The predicted octanol–water partition coefficient (Wildman–Crippen LogP) is 1.13. The maximum atomic E-state index is 12.8. The summed E-state index contributed by atoms with van der Waals surface area (Å²) in [6.45, 7) is 1.28. The first-order valence-corrected chi connectivity index (χ1v) is 11.7. The number of guanidine groups is 1. The van der Waals surface area contributed by atoms with E-state index in [4.69, 9.17) is 0 Å². The Morgan fingerprint density at radius 1 is 1.07 bits per heavy atom. The van der Waals surface area contributed by atoms with Crippen LogP contribution in [0.15, 0.2) is 4.99 Å². The molecule has 0 radical (unpaired) electrons. The van der Waals surface area contributed by atoms with Gasteiger partial charge in [0.15, 0.2) is 5.96 Å². The smallest absolute Gasteiger partial charge is 0.243 e. The molecule has 0 bridgehead atoms. The van der Waals surface area contributed by atoms with E-state index in [9.17, 15) is 13.2 Å². The number of rotatable bonds is 6. The maximum absolute atomic E-state index is 12.8. The number of halogens is 1. The molecular weight excluding hydrogens is 493 g/mol. The summed E-state index contributed by atoms with van der Waals surface area (Å²) in [7, 11) is 0.0843. The minimum Gasteiger partial charge on any atom is -0.353 e. The molecule has 3 rings (SSSR count). The van der Waals surface area contributed by atoms with Crippen molar-refractivity contribution < 1.29 is 13.2 Å². The van der Waals surface area contributed by atoms with E-state index in [0.29, 0.717) is 25.0 Å². The van der Waals surface area contributed by atoms with Gasteiger partial charge in [0.25, 0.3) is 0 Å². The van der Waals surface area contributed by atoms with Crippen molar-refractivity contribution in [1.82, 2.24) is 19.8 Å². The molecule has 1 atom stereocenters. The Kier molecular flexibility index (Phi) is 8.80. The van der Waals surface area contributed by atoms with E-state index >= 15 is 0 Å². The van der Waals surface area contributed by atoms with Crippen LogP contribution >= 0.6 is 24.0 Å². The van der Waals surface area contributed by atoms with Crippen LogP contribution in [0.3, 0.4) is 0 Å². The third-order valence-corrected chi connectivity index (χ3v) is 7.50. The lowest BCUT2D eigenvalue weighted by molar-refractivity contribution is -0.127.